The van der Waals surface area contributed by atoms with Crippen LogP contribution in [-0.2, 0) is 6.18 Å². The van der Waals surface area contributed by atoms with Crippen molar-refractivity contribution in [2.75, 3.05) is 40.3 Å². The number of carbonyl (C=O) groups excluding carboxylic acids is 1. The molecule has 1 fully saturated rings. The zero-order valence-electron chi connectivity index (χ0n) is 17.4. The zero-order chi connectivity index (χ0) is 22.3. The molecule has 10 heteroatoms. The van der Waals surface area contributed by atoms with E-state index in [0.717, 1.165) is 4.52 Å². The molecule has 31 heavy (non-hydrogen) atoms. The van der Waals surface area contributed by atoms with E-state index < -0.39 is 11.9 Å². The van der Waals surface area contributed by atoms with Crippen molar-refractivity contribution in [3.05, 3.63) is 47.3 Å². The Morgan fingerprint density at radius 3 is 2.32 bits per heavy atom. The van der Waals surface area contributed by atoms with Gasteiger partial charge in [0.1, 0.15) is 11.3 Å². The second-order valence-electron chi connectivity index (χ2n) is 7.55. The lowest BCUT2D eigenvalue weighted by atomic mass is 10.0. The number of piperazine rings is 1. The molecule has 1 aromatic carbocycles. The molecule has 3 aromatic rings. The Morgan fingerprint density at radius 1 is 1.10 bits per heavy atom. The van der Waals surface area contributed by atoms with Crippen LogP contribution in [0.3, 0.4) is 0 Å². The first-order chi connectivity index (χ1) is 14.7. The van der Waals surface area contributed by atoms with E-state index in [4.69, 9.17) is 4.74 Å². The maximum absolute atomic E-state index is 14.0. The number of alkyl halides is 3. The number of halogens is 3. The van der Waals surface area contributed by atoms with Gasteiger partial charge < -0.3 is 14.5 Å². The van der Waals surface area contributed by atoms with Crippen LogP contribution in [0.5, 0.6) is 5.75 Å². The summed E-state index contributed by atoms with van der Waals surface area (Å²) in [4.78, 5) is 21.3. The van der Waals surface area contributed by atoms with Crippen molar-refractivity contribution < 1.29 is 22.7 Å². The monoisotopic (exact) mass is 433 g/mol. The van der Waals surface area contributed by atoms with E-state index in [2.05, 4.69) is 15.0 Å². The standard InChI is InChI=1S/C21H22F3N5O2/c1-13-17(14-4-6-15(31-3)7-5-14)26-19-16(12-25-29(19)18(13)21(22,23)24)20(30)28-10-8-27(2)9-11-28/h4-7,12H,8-11H2,1-3H3. The molecule has 0 unspecified atom stereocenters. The number of nitrogens with zero attached hydrogens (tertiary/aromatic N) is 5. The minimum Gasteiger partial charge on any atom is -0.497 e. The van der Waals surface area contributed by atoms with Gasteiger partial charge in [-0.15, -0.1) is 0 Å². The van der Waals surface area contributed by atoms with Crippen LogP contribution in [-0.4, -0.2) is 70.6 Å². The van der Waals surface area contributed by atoms with E-state index in [1.807, 2.05) is 7.05 Å². The normalized spacial score (nSPS) is 15.5. The van der Waals surface area contributed by atoms with Crippen molar-refractivity contribution in [1.82, 2.24) is 24.4 Å². The van der Waals surface area contributed by atoms with Gasteiger partial charge in [0.25, 0.3) is 5.91 Å². The number of ether oxygens (including phenoxy) is 1. The Kier molecular flexibility index (Phi) is 5.34. The smallest absolute Gasteiger partial charge is 0.433 e. The second-order valence-corrected chi connectivity index (χ2v) is 7.55. The molecule has 0 atom stereocenters. The number of carbonyl (C=O) groups is 1. The van der Waals surface area contributed by atoms with Gasteiger partial charge >= 0.3 is 6.18 Å². The molecule has 4 rings (SSSR count). The summed E-state index contributed by atoms with van der Waals surface area (Å²) in [6.45, 7) is 3.75. The number of fused-ring (bicyclic) bond motifs is 1. The number of methoxy groups -OCH3 is 1. The number of hydrogen-bond donors (Lipinski definition) is 0. The first kappa shape index (κ1) is 21.1. The van der Waals surface area contributed by atoms with Crippen molar-refractivity contribution in [2.45, 2.75) is 13.1 Å². The van der Waals surface area contributed by atoms with Crippen molar-refractivity contribution in [2.24, 2.45) is 0 Å². The molecule has 0 N–H and O–H groups in total. The fourth-order valence-corrected chi connectivity index (χ4v) is 3.77. The maximum atomic E-state index is 14.0. The molecule has 0 bridgehead atoms. The lowest BCUT2D eigenvalue weighted by molar-refractivity contribution is -0.143. The highest BCUT2D eigenvalue weighted by molar-refractivity contribution is 6.00. The summed E-state index contributed by atoms with van der Waals surface area (Å²) in [7, 11) is 3.47. The van der Waals surface area contributed by atoms with Crippen molar-refractivity contribution in [3.8, 4) is 17.0 Å². The van der Waals surface area contributed by atoms with Gasteiger partial charge in [-0.05, 0) is 38.2 Å². The lowest BCUT2D eigenvalue weighted by Crippen LogP contribution is -2.47. The van der Waals surface area contributed by atoms with Crippen LogP contribution >= 0.6 is 0 Å². The lowest BCUT2D eigenvalue weighted by Gasteiger charge is -2.32. The molecule has 3 heterocycles. The minimum atomic E-state index is -4.67. The molecule has 0 aliphatic carbocycles. The van der Waals surface area contributed by atoms with Crippen LogP contribution in [0.15, 0.2) is 30.5 Å². The molecule has 1 aliphatic rings. The van der Waals surface area contributed by atoms with Crippen LogP contribution in [0.4, 0.5) is 13.2 Å². The summed E-state index contributed by atoms with van der Waals surface area (Å²) in [6, 6.07) is 6.59. The molecule has 164 valence electrons. The molecule has 0 radical (unpaired) electrons. The van der Waals surface area contributed by atoms with E-state index in [0.29, 0.717) is 37.5 Å². The Morgan fingerprint density at radius 2 is 1.74 bits per heavy atom. The second kappa shape index (κ2) is 7.84. The highest BCUT2D eigenvalue weighted by atomic mass is 19.4. The molecule has 1 aliphatic heterocycles. The third-order valence-electron chi connectivity index (χ3n) is 5.54. The third kappa shape index (κ3) is 3.83. The number of hydrogen-bond acceptors (Lipinski definition) is 5. The summed E-state index contributed by atoms with van der Waals surface area (Å²) in [5, 5.41) is 3.90. The molecular weight excluding hydrogens is 411 g/mol. The maximum Gasteiger partial charge on any atom is 0.433 e. The predicted octanol–water partition coefficient (Wildman–Crippen LogP) is 3.12. The van der Waals surface area contributed by atoms with Crippen molar-refractivity contribution in [3.63, 3.8) is 0 Å². The van der Waals surface area contributed by atoms with Gasteiger partial charge in [0.15, 0.2) is 11.3 Å². The van der Waals surface area contributed by atoms with Gasteiger partial charge in [-0.25, -0.2) is 9.50 Å². The van der Waals surface area contributed by atoms with Crippen molar-refractivity contribution in [1.29, 1.82) is 0 Å². The van der Waals surface area contributed by atoms with E-state index in [9.17, 15) is 18.0 Å². The van der Waals surface area contributed by atoms with Gasteiger partial charge in [0, 0.05) is 37.3 Å². The number of likely N-dealkylation sites (N-methyl/N-ethyl adjacent to an activating group) is 1. The van der Waals surface area contributed by atoms with Gasteiger partial charge in [-0.3, -0.25) is 4.79 Å². The highest BCUT2D eigenvalue weighted by Crippen LogP contribution is 2.36. The van der Waals surface area contributed by atoms with Crippen LogP contribution in [0.25, 0.3) is 16.9 Å². The summed E-state index contributed by atoms with van der Waals surface area (Å²) in [5.74, 6) is 0.210. The topological polar surface area (TPSA) is 63.0 Å². The molecule has 0 saturated carbocycles. The van der Waals surface area contributed by atoms with Gasteiger partial charge in [0.2, 0.25) is 0 Å². The van der Waals surface area contributed by atoms with Crippen molar-refractivity contribution >= 4 is 11.6 Å². The Labute approximate surface area is 177 Å². The summed E-state index contributed by atoms with van der Waals surface area (Å²) >= 11 is 0. The van der Waals surface area contributed by atoms with Gasteiger partial charge in [0.05, 0.1) is 19.0 Å². The van der Waals surface area contributed by atoms with E-state index in [1.54, 1.807) is 29.2 Å². The third-order valence-corrected chi connectivity index (χ3v) is 5.54. The molecule has 2 aromatic heterocycles. The van der Waals surface area contributed by atoms with Crippen LogP contribution in [0, 0.1) is 6.92 Å². The van der Waals surface area contributed by atoms with Crippen LogP contribution in [0.2, 0.25) is 0 Å². The number of aromatic nitrogens is 3. The highest BCUT2D eigenvalue weighted by Gasteiger charge is 2.39. The molecule has 0 spiro atoms. The molecular formula is C21H22F3N5O2. The Balaban J connectivity index is 1.88. The molecule has 1 amide bonds. The Bertz CT molecular complexity index is 1120. The van der Waals surface area contributed by atoms with E-state index in [-0.39, 0.29) is 28.4 Å². The average molecular weight is 433 g/mol. The van der Waals surface area contributed by atoms with Crippen LogP contribution in [0.1, 0.15) is 21.6 Å². The fraction of sp³-hybridized carbons (Fsp3) is 0.381. The average Bonchev–Trinajstić information content (AvgIpc) is 3.15. The SMILES string of the molecule is COc1ccc(-c2nc3c(C(=O)N4CCN(C)CC4)cnn3c(C(F)(F)F)c2C)cc1. The summed E-state index contributed by atoms with van der Waals surface area (Å²) in [6.07, 6.45) is -3.50. The Hall–Kier alpha value is -3.14. The number of rotatable bonds is 3. The van der Waals surface area contributed by atoms with Crippen LogP contribution < -0.4 is 4.74 Å². The number of amides is 1. The first-order valence-electron chi connectivity index (χ1n) is 9.78. The summed E-state index contributed by atoms with van der Waals surface area (Å²) in [5.41, 5.74) is -0.411. The zero-order valence-corrected chi connectivity index (χ0v) is 17.4. The first-order valence-corrected chi connectivity index (χ1v) is 9.78. The quantitative estimate of drug-likeness (QED) is 0.635. The molecule has 1 saturated heterocycles. The fourth-order valence-electron chi connectivity index (χ4n) is 3.77. The predicted molar refractivity (Wildman–Crippen MR) is 108 cm³/mol. The van der Waals surface area contributed by atoms with Gasteiger partial charge in [-0.2, -0.15) is 18.3 Å². The minimum absolute atomic E-state index is 0.0600. The summed E-state index contributed by atoms with van der Waals surface area (Å²) < 4.78 is 47.8. The molecule has 7 nitrogen and oxygen atoms in total. The largest absolute Gasteiger partial charge is 0.497 e. The van der Waals surface area contributed by atoms with E-state index >= 15 is 0 Å². The number of benzene rings is 1. The van der Waals surface area contributed by atoms with Gasteiger partial charge in [-0.1, -0.05) is 0 Å². The van der Waals surface area contributed by atoms with E-state index in [1.165, 1.54) is 20.2 Å².